The van der Waals surface area contributed by atoms with Gasteiger partial charge in [-0.25, -0.2) is 33.1 Å². The Morgan fingerprint density at radius 1 is 1.07 bits per heavy atom. The van der Waals surface area contributed by atoms with Crippen LogP contribution in [0.1, 0.15) is 32.2 Å². The first-order valence-corrected chi connectivity index (χ1v) is 13.2. The molecule has 1 aliphatic rings. The van der Waals surface area contributed by atoms with Gasteiger partial charge < -0.3 is 9.80 Å². The van der Waals surface area contributed by atoms with Gasteiger partial charge >= 0.3 is 5.69 Å². The Morgan fingerprint density at radius 3 is 2.40 bits per heavy atom. The Labute approximate surface area is 229 Å². The van der Waals surface area contributed by atoms with Gasteiger partial charge in [0, 0.05) is 31.2 Å². The lowest BCUT2D eigenvalue weighted by molar-refractivity contribution is -0.126. The van der Waals surface area contributed by atoms with Crippen LogP contribution in [0, 0.1) is 11.6 Å². The van der Waals surface area contributed by atoms with Gasteiger partial charge in [0.2, 0.25) is 5.91 Å². The molecule has 11 heteroatoms. The van der Waals surface area contributed by atoms with Crippen LogP contribution in [-0.2, 0) is 17.6 Å². The summed E-state index contributed by atoms with van der Waals surface area (Å²) >= 11 is 0. The summed E-state index contributed by atoms with van der Waals surface area (Å²) in [4.78, 5) is 47.4. The van der Waals surface area contributed by atoms with Crippen LogP contribution in [0.4, 0.5) is 14.6 Å². The summed E-state index contributed by atoms with van der Waals surface area (Å²) < 4.78 is 31.8. The summed E-state index contributed by atoms with van der Waals surface area (Å²) in [5.41, 5.74) is 0.872. The molecule has 40 heavy (non-hydrogen) atoms. The molecule has 0 aliphatic carbocycles. The molecule has 0 unspecified atom stereocenters. The first-order chi connectivity index (χ1) is 19.3. The molecule has 3 aromatic heterocycles. The fourth-order valence-electron chi connectivity index (χ4n) is 5.20. The van der Waals surface area contributed by atoms with Crippen molar-refractivity contribution in [2.24, 2.45) is 0 Å². The fraction of sp³-hybridized carbons (Fsp3) is 0.310. The molecule has 1 amide bonds. The van der Waals surface area contributed by atoms with Crippen molar-refractivity contribution in [1.29, 1.82) is 0 Å². The molecule has 206 valence electrons. The molecule has 0 radical (unpaired) electrons. The van der Waals surface area contributed by atoms with Gasteiger partial charge in [-0.2, -0.15) is 4.98 Å². The Hall–Kier alpha value is -4.54. The van der Waals surface area contributed by atoms with Crippen molar-refractivity contribution in [2.45, 2.75) is 39.7 Å². The molecule has 1 saturated heterocycles. The van der Waals surface area contributed by atoms with Crippen LogP contribution in [-0.4, -0.2) is 61.0 Å². The number of aromatic nitrogens is 5. The van der Waals surface area contributed by atoms with Crippen LogP contribution in [0.3, 0.4) is 0 Å². The van der Waals surface area contributed by atoms with Crippen LogP contribution in [0.5, 0.6) is 0 Å². The number of carbonyl (C=O) groups excluding carboxylic acids is 1. The lowest BCUT2D eigenvalue weighted by Crippen LogP contribution is -2.54. The number of piperazine rings is 1. The van der Waals surface area contributed by atoms with E-state index in [0.29, 0.717) is 49.6 Å². The maximum absolute atomic E-state index is 15.7. The number of nitrogens with zero attached hydrogens (tertiary/aromatic N) is 7. The number of aryl methyl sites for hydroxylation is 2. The van der Waals surface area contributed by atoms with E-state index in [1.165, 1.54) is 41.2 Å². The largest absolute Gasteiger partial charge is 0.355 e. The molecular weight excluding hydrogens is 516 g/mol. The third-order valence-electron chi connectivity index (χ3n) is 7.18. The second kappa shape index (κ2) is 10.9. The van der Waals surface area contributed by atoms with Crippen molar-refractivity contribution < 1.29 is 13.6 Å². The standard InChI is InChI=1S/C29H29F2N7O2/c1-5-22-26(23(6-2)33-16-32-22)38-28-19(14-21(31)25(34-28)18-10-8-9-11-20(18)30)27(35-29(38)40)37-13-12-36(15-17(37)4)24(39)7-3/h7-11,14,16-17H,3,5-6,12-13,15H2,1-2,4H3/t17-/m0/s1. The normalized spacial score (nSPS) is 15.5. The molecule has 4 aromatic rings. The first-order valence-electron chi connectivity index (χ1n) is 13.2. The minimum absolute atomic E-state index is 0.0278. The van der Waals surface area contributed by atoms with Crippen LogP contribution in [0.2, 0.25) is 0 Å². The van der Waals surface area contributed by atoms with E-state index in [4.69, 9.17) is 0 Å². The van der Waals surface area contributed by atoms with Gasteiger partial charge in [-0.1, -0.05) is 32.6 Å². The summed E-state index contributed by atoms with van der Waals surface area (Å²) in [7, 11) is 0. The highest BCUT2D eigenvalue weighted by Gasteiger charge is 2.30. The Bertz CT molecular complexity index is 1670. The number of rotatable bonds is 6. The highest BCUT2D eigenvalue weighted by atomic mass is 19.1. The third-order valence-corrected chi connectivity index (χ3v) is 7.18. The molecule has 0 saturated carbocycles. The Morgan fingerprint density at radius 2 is 1.77 bits per heavy atom. The van der Waals surface area contributed by atoms with Crippen molar-refractivity contribution >= 4 is 22.8 Å². The smallest absolute Gasteiger partial charge is 0.350 e. The number of amides is 1. The van der Waals surface area contributed by atoms with Crippen LogP contribution in [0.15, 0.2) is 54.1 Å². The monoisotopic (exact) mass is 545 g/mol. The summed E-state index contributed by atoms with van der Waals surface area (Å²) in [5, 5.41) is 0.278. The summed E-state index contributed by atoms with van der Waals surface area (Å²) in [6.45, 7) is 10.4. The average Bonchev–Trinajstić information content (AvgIpc) is 2.96. The third kappa shape index (κ3) is 4.61. The number of pyridine rings is 1. The quantitative estimate of drug-likeness (QED) is 0.340. The minimum atomic E-state index is -0.755. The van der Waals surface area contributed by atoms with Gasteiger partial charge in [0.1, 0.15) is 29.5 Å². The molecule has 9 nitrogen and oxygen atoms in total. The predicted molar refractivity (Wildman–Crippen MR) is 148 cm³/mol. The van der Waals surface area contributed by atoms with E-state index in [0.717, 1.165) is 0 Å². The SMILES string of the molecule is C=CC(=O)N1CCN(c2nc(=O)n(-c3c(CC)ncnc3CC)c3nc(-c4ccccc4F)c(F)cc23)[C@@H](C)C1. The predicted octanol–water partition coefficient (Wildman–Crippen LogP) is 3.86. The second-order valence-electron chi connectivity index (χ2n) is 9.58. The fourth-order valence-corrected chi connectivity index (χ4v) is 5.20. The zero-order valence-corrected chi connectivity index (χ0v) is 22.6. The number of anilines is 1. The first kappa shape index (κ1) is 27.0. The molecule has 1 aliphatic heterocycles. The summed E-state index contributed by atoms with van der Waals surface area (Å²) in [5.74, 6) is -1.34. The molecule has 5 rings (SSSR count). The van der Waals surface area contributed by atoms with Gasteiger partial charge in [0.25, 0.3) is 0 Å². The van der Waals surface area contributed by atoms with Crippen LogP contribution < -0.4 is 10.6 Å². The zero-order chi connectivity index (χ0) is 28.6. The van der Waals surface area contributed by atoms with Gasteiger partial charge in [0.15, 0.2) is 5.65 Å². The maximum atomic E-state index is 15.7. The molecule has 0 N–H and O–H groups in total. The zero-order valence-electron chi connectivity index (χ0n) is 22.6. The van der Waals surface area contributed by atoms with Gasteiger partial charge in [-0.05, 0) is 44.0 Å². The number of carbonyl (C=O) groups is 1. The molecule has 4 heterocycles. The van der Waals surface area contributed by atoms with E-state index >= 15 is 4.39 Å². The summed E-state index contributed by atoms with van der Waals surface area (Å²) in [6.07, 6.45) is 3.70. The topological polar surface area (TPSA) is 97.1 Å². The Balaban J connectivity index is 1.81. The van der Waals surface area contributed by atoms with E-state index < -0.39 is 17.3 Å². The van der Waals surface area contributed by atoms with Gasteiger partial charge in [-0.3, -0.25) is 4.79 Å². The number of fused-ring (bicyclic) bond motifs is 1. The van der Waals surface area contributed by atoms with Crippen molar-refractivity contribution in [3.8, 4) is 16.9 Å². The lowest BCUT2D eigenvalue weighted by Gasteiger charge is -2.40. The lowest BCUT2D eigenvalue weighted by atomic mass is 10.1. The second-order valence-corrected chi connectivity index (χ2v) is 9.58. The molecule has 1 aromatic carbocycles. The molecule has 1 fully saturated rings. The van der Waals surface area contributed by atoms with Gasteiger partial charge in [-0.15, -0.1) is 0 Å². The highest BCUT2D eigenvalue weighted by Crippen LogP contribution is 2.33. The van der Waals surface area contributed by atoms with Crippen LogP contribution in [0.25, 0.3) is 28.0 Å². The van der Waals surface area contributed by atoms with Crippen LogP contribution >= 0.6 is 0 Å². The molecule has 1 atom stereocenters. The molecule has 0 bridgehead atoms. The highest BCUT2D eigenvalue weighted by molar-refractivity contribution is 5.91. The van der Waals surface area contributed by atoms with E-state index in [-0.39, 0.29) is 40.1 Å². The number of halogens is 2. The van der Waals surface area contributed by atoms with Crippen molar-refractivity contribution in [1.82, 2.24) is 29.4 Å². The number of hydrogen-bond donors (Lipinski definition) is 0. The van der Waals surface area contributed by atoms with E-state index in [9.17, 15) is 14.0 Å². The number of benzene rings is 1. The van der Waals surface area contributed by atoms with Crippen molar-refractivity contribution in [2.75, 3.05) is 24.5 Å². The van der Waals surface area contributed by atoms with Crippen molar-refractivity contribution in [3.63, 3.8) is 0 Å². The van der Waals surface area contributed by atoms with Crippen molar-refractivity contribution in [3.05, 3.63) is 82.8 Å². The van der Waals surface area contributed by atoms with E-state index in [1.807, 2.05) is 25.7 Å². The Kier molecular flexibility index (Phi) is 7.38. The van der Waals surface area contributed by atoms with Gasteiger partial charge in [0.05, 0.1) is 22.5 Å². The average molecular weight is 546 g/mol. The molecular formula is C29H29F2N7O2. The minimum Gasteiger partial charge on any atom is -0.350 e. The van der Waals surface area contributed by atoms with E-state index in [2.05, 4.69) is 26.5 Å². The number of hydrogen-bond acceptors (Lipinski definition) is 7. The molecule has 0 spiro atoms. The van der Waals surface area contributed by atoms with E-state index in [1.54, 1.807) is 11.0 Å². The maximum Gasteiger partial charge on any atom is 0.355 e. The summed E-state index contributed by atoms with van der Waals surface area (Å²) in [6, 6.07) is 6.78.